The molecule has 102 valence electrons. The Labute approximate surface area is 110 Å². The fourth-order valence-corrected chi connectivity index (χ4v) is 1.61. The number of nitrogens with one attached hydrogen (secondary N) is 1. The molecule has 0 aliphatic rings. The van der Waals surface area contributed by atoms with Gasteiger partial charge in [0.05, 0.1) is 6.61 Å². The van der Waals surface area contributed by atoms with E-state index in [-0.39, 0.29) is 0 Å². The standard InChI is InChI=1S/C14H24N2O2/c1-11(2)10-17-5-6-18-14-8-13(9-15-4)7-12(3)16-14/h7-8,11,15H,5-6,9-10H2,1-4H3. The lowest BCUT2D eigenvalue weighted by Crippen LogP contribution is -2.11. The van der Waals surface area contributed by atoms with E-state index in [9.17, 15) is 0 Å². The van der Waals surface area contributed by atoms with Crippen molar-refractivity contribution in [2.75, 3.05) is 26.9 Å². The molecule has 4 nitrogen and oxygen atoms in total. The number of hydrogen-bond donors (Lipinski definition) is 1. The number of nitrogens with zero attached hydrogens (tertiary/aromatic N) is 1. The van der Waals surface area contributed by atoms with E-state index < -0.39 is 0 Å². The van der Waals surface area contributed by atoms with Crippen LogP contribution in [-0.2, 0) is 11.3 Å². The van der Waals surface area contributed by atoms with Crippen LogP contribution >= 0.6 is 0 Å². The molecule has 0 aromatic carbocycles. The molecule has 1 heterocycles. The lowest BCUT2D eigenvalue weighted by molar-refractivity contribution is 0.0805. The van der Waals surface area contributed by atoms with Crippen molar-refractivity contribution in [3.63, 3.8) is 0 Å². The van der Waals surface area contributed by atoms with Crippen molar-refractivity contribution in [3.8, 4) is 5.88 Å². The summed E-state index contributed by atoms with van der Waals surface area (Å²) >= 11 is 0. The molecule has 0 spiro atoms. The first kappa shape index (κ1) is 14.9. The van der Waals surface area contributed by atoms with Crippen molar-refractivity contribution in [3.05, 3.63) is 23.4 Å². The minimum Gasteiger partial charge on any atom is -0.475 e. The van der Waals surface area contributed by atoms with Gasteiger partial charge in [-0.1, -0.05) is 13.8 Å². The molecular formula is C14H24N2O2. The third-order valence-corrected chi connectivity index (χ3v) is 2.30. The lowest BCUT2D eigenvalue weighted by atomic mass is 10.2. The second kappa shape index (κ2) is 8.06. The van der Waals surface area contributed by atoms with Gasteiger partial charge >= 0.3 is 0 Å². The largest absolute Gasteiger partial charge is 0.475 e. The second-order valence-electron chi connectivity index (χ2n) is 4.80. The highest BCUT2D eigenvalue weighted by atomic mass is 16.5. The van der Waals surface area contributed by atoms with E-state index in [2.05, 4.69) is 30.2 Å². The van der Waals surface area contributed by atoms with Crippen molar-refractivity contribution in [2.24, 2.45) is 5.92 Å². The quantitative estimate of drug-likeness (QED) is 0.720. The Morgan fingerprint density at radius 3 is 2.72 bits per heavy atom. The van der Waals surface area contributed by atoms with E-state index >= 15 is 0 Å². The Kier molecular flexibility index (Phi) is 6.68. The summed E-state index contributed by atoms with van der Waals surface area (Å²) in [6, 6.07) is 4.02. The zero-order valence-corrected chi connectivity index (χ0v) is 11.8. The monoisotopic (exact) mass is 252 g/mol. The predicted molar refractivity (Wildman–Crippen MR) is 72.9 cm³/mol. The Morgan fingerprint density at radius 2 is 2.06 bits per heavy atom. The third kappa shape index (κ3) is 5.98. The van der Waals surface area contributed by atoms with Gasteiger partial charge in [-0.05, 0) is 31.5 Å². The van der Waals surface area contributed by atoms with Crippen LogP contribution in [0.2, 0.25) is 0 Å². The van der Waals surface area contributed by atoms with Gasteiger partial charge < -0.3 is 14.8 Å². The maximum Gasteiger partial charge on any atom is 0.213 e. The molecule has 0 aliphatic carbocycles. The van der Waals surface area contributed by atoms with Crippen molar-refractivity contribution >= 4 is 0 Å². The lowest BCUT2D eigenvalue weighted by Gasteiger charge is -2.10. The fourth-order valence-electron chi connectivity index (χ4n) is 1.61. The molecular weight excluding hydrogens is 228 g/mol. The van der Waals surface area contributed by atoms with Crippen LogP contribution in [0.25, 0.3) is 0 Å². The normalized spacial score (nSPS) is 10.9. The fraction of sp³-hybridized carbons (Fsp3) is 0.643. The SMILES string of the molecule is CNCc1cc(C)nc(OCCOCC(C)C)c1. The average molecular weight is 252 g/mol. The van der Waals surface area contributed by atoms with E-state index in [4.69, 9.17) is 9.47 Å². The van der Waals surface area contributed by atoms with Crippen LogP contribution in [0.1, 0.15) is 25.1 Å². The Morgan fingerprint density at radius 1 is 1.28 bits per heavy atom. The van der Waals surface area contributed by atoms with Crippen molar-refractivity contribution in [2.45, 2.75) is 27.3 Å². The van der Waals surface area contributed by atoms with Crippen LogP contribution < -0.4 is 10.1 Å². The van der Waals surface area contributed by atoms with Crippen LogP contribution in [0.4, 0.5) is 0 Å². The van der Waals surface area contributed by atoms with E-state index in [1.807, 2.05) is 20.0 Å². The first-order valence-electron chi connectivity index (χ1n) is 6.44. The summed E-state index contributed by atoms with van der Waals surface area (Å²) < 4.78 is 11.1. The molecule has 0 bridgehead atoms. The van der Waals surface area contributed by atoms with Gasteiger partial charge in [0.25, 0.3) is 0 Å². The Bertz CT molecular complexity index is 354. The maximum absolute atomic E-state index is 5.59. The molecule has 0 unspecified atom stereocenters. The molecule has 0 saturated carbocycles. The van der Waals surface area contributed by atoms with Crippen molar-refractivity contribution in [1.82, 2.24) is 10.3 Å². The predicted octanol–water partition coefficient (Wildman–Crippen LogP) is 2.16. The number of aromatic nitrogens is 1. The van der Waals surface area contributed by atoms with E-state index in [0.717, 1.165) is 18.8 Å². The molecule has 0 saturated heterocycles. The Balaban J connectivity index is 2.37. The summed E-state index contributed by atoms with van der Waals surface area (Å²) in [6.07, 6.45) is 0. The van der Waals surface area contributed by atoms with Gasteiger partial charge in [0, 0.05) is 24.9 Å². The van der Waals surface area contributed by atoms with Gasteiger partial charge in [-0.25, -0.2) is 4.98 Å². The number of hydrogen-bond acceptors (Lipinski definition) is 4. The topological polar surface area (TPSA) is 43.4 Å². The first-order valence-corrected chi connectivity index (χ1v) is 6.44. The van der Waals surface area contributed by atoms with Gasteiger partial charge in [0.1, 0.15) is 6.61 Å². The van der Waals surface area contributed by atoms with E-state index in [1.165, 1.54) is 5.56 Å². The van der Waals surface area contributed by atoms with Gasteiger partial charge in [-0.2, -0.15) is 0 Å². The van der Waals surface area contributed by atoms with E-state index in [0.29, 0.717) is 25.0 Å². The molecule has 1 aromatic heterocycles. The van der Waals surface area contributed by atoms with Gasteiger partial charge in [-0.3, -0.25) is 0 Å². The average Bonchev–Trinajstić information content (AvgIpc) is 2.28. The van der Waals surface area contributed by atoms with Gasteiger partial charge in [-0.15, -0.1) is 0 Å². The molecule has 0 fully saturated rings. The maximum atomic E-state index is 5.59. The highest BCUT2D eigenvalue weighted by Gasteiger charge is 2.01. The van der Waals surface area contributed by atoms with Crippen LogP contribution in [0, 0.1) is 12.8 Å². The zero-order valence-electron chi connectivity index (χ0n) is 11.8. The molecule has 0 atom stereocenters. The Hall–Kier alpha value is -1.13. The third-order valence-electron chi connectivity index (χ3n) is 2.30. The first-order chi connectivity index (χ1) is 8.61. The summed E-state index contributed by atoms with van der Waals surface area (Å²) in [4.78, 5) is 4.34. The summed E-state index contributed by atoms with van der Waals surface area (Å²) in [5, 5.41) is 3.12. The summed E-state index contributed by atoms with van der Waals surface area (Å²) in [6.45, 7) is 8.98. The van der Waals surface area contributed by atoms with Crippen LogP contribution in [0.3, 0.4) is 0 Å². The number of pyridine rings is 1. The van der Waals surface area contributed by atoms with Gasteiger partial charge in [0.15, 0.2) is 0 Å². The minimum atomic E-state index is 0.544. The van der Waals surface area contributed by atoms with E-state index in [1.54, 1.807) is 0 Å². The molecule has 4 heteroatoms. The molecule has 18 heavy (non-hydrogen) atoms. The molecule has 0 amide bonds. The smallest absolute Gasteiger partial charge is 0.213 e. The van der Waals surface area contributed by atoms with Crippen LogP contribution in [-0.4, -0.2) is 31.9 Å². The van der Waals surface area contributed by atoms with Crippen LogP contribution in [0.15, 0.2) is 12.1 Å². The highest BCUT2D eigenvalue weighted by Crippen LogP contribution is 2.12. The van der Waals surface area contributed by atoms with Crippen molar-refractivity contribution in [1.29, 1.82) is 0 Å². The number of aryl methyl sites for hydroxylation is 1. The molecule has 1 aromatic rings. The van der Waals surface area contributed by atoms with Gasteiger partial charge in [0.2, 0.25) is 5.88 Å². The minimum absolute atomic E-state index is 0.544. The second-order valence-corrected chi connectivity index (χ2v) is 4.80. The summed E-state index contributed by atoms with van der Waals surface area (Å²) in [5.41, 5.74) is 2.16. The summed E-state index contributed by atoms with van der Waals surface area (Å²) in [5.74, 6) is 1.23. The highest BCUT2D eigenvalue weighted by molar-refractivity contribution is 5.24. The molecule has 1 rings (SSSR count). The molecule has 1 N–H and O–H groups in total. The molecule has 0 radical (unpaired) electrons. The van der Waals surface area contributed by atoms with Crippen LogP contribution in [0.5, 0.6) is 5.88 Å². The van der Waals surface area contributed by atoms with Crippen molar-refractivity contribution < 1.29 is 9.47 Å². The zero-order chi connectivity index (χ0) is 13.4. The number of rotatable bonds is 8. The molecule has 0 aliphatic heterocycles. The number of ether oxygens (including phenoxy) is 2. The summed E-state index contributed by atoms with van der Waals surface area (Å²) in [7, 11) is 1.93.